The van der Waals surface area contributed by atoms with Crippen LogP contribution in [0.5, 0.6) is 0 Å². The number of halogens is 2. The highest BCUT2D eigenvalue weighted by Gasteiger charge is 2.18. The van der Waals surface area contributed by atoms with Crippen molar-refractivity contribution in [2.24, 2.45) is 0 Å². The molecule has 8 heteroatoms. The van der Waals surface area contributed by atoms with Crippen molar-refractivity contribution >= 4 is 16.3 Å². The number of nitrogens with one attached hydrogen (secondary N) is 1. The molecule has 0 spiro atoms. The Balaban J connectivity index is 1.83. The van der Waals surface area contributed by atoms with Crippen LogP contribution < -0.4 is 5.32 Å². The van der Waals surface area contributed by atoms with Crippen LogP contribution in [0.25, 0.3) is 0 Å². The molecule has 1 N–H and O–H groups in total. The third kappa shape index (κ3) is 3.58. The Bertz CT molecular complexity index is 854. The summed E-state index contributed by atoms with van der Waals surface area (Å²) in [6.45, 7) is 0.750. The van der Waals surface area contributed by atoms with Crippen LogP contribution in [0, 0.1) is 23.0 Å². The molecule has 3 aromatic rings. The van der Waals surface area contributed by atoms with Gasteiger partial charge >= 0.3 is 0 Å². The van der Waals surface area contributed by atoms with Crippen molar-refractivity contribution in [3.63, 3.8) is 0 Å². The molecule has 2 aromatic heterocycles. The minimum Gasteiger partial charge on any atom is -0.375 e. The van der Waals surface area contributed by atoms with Crippen molar-refractivity contribution in [3.8, 4) is 6.07 Å². The standard InChI is InChI=1S/C16H13F2N5S/c17-13-1-2-14(15(18)5-13)12(8-23-10-20-9-22-23)7-21-16-11(6-19)3-4-24-16/h1-5,9-10,12,21H,7-8H2. The lowest BCUT2D eigenvalue weighted by Crippen LogP contribution is -2.20. The van der Waals surface area contributed by atoms with Gasteiger partial charge in [0.1, 0.15) is 35.4 Å². The summed E-state index contributed by atoms with van der Waals surface area (Å²) in [5, 5.41) is 18.8. The van der Waals surface area contributed by atoms with Gasteiger partial charge in [-0.3, -0.25) is 4.68 Å². The van der Waals surface area contributed by atoms with E-state index in [0.717, 1.165) is 11.1 Å². The highest BCUT2D eigenvalue weighted by atomic mass is 32.1. The smallest absolute Gasteiger partial charge is 0.137 e. The van der Waals surface area contributed by atoms with Gasteiger partial charge in [0, 0.05) is 18.5 Å². The molecule has 1 atom stereocenters. The van der Waals surface area contributed by atoms with Crippen LogP contribution in [0.1, 0.15) is 17.0 Å². The normalized spacial score (nSPS) is 11.9. The van der Waals surface area contributed by atoms with Crippen LogP contribution in [0.15, 0.2) is 42.3 Å². The maximum Gasteiger partial charge on any atom is 0.137 e. The van der Waals surface area contributed by atoms with E-state index in [0.29, 0.717) is 24.2 Å². The van der Waals surface area contributed by atoms with Crippen LogP contribution >= 0.6 is 11.3 Å². The van der Waals surface area contributed by atoms with E-state index in [9.17, 15) is 8.78 Å². The van der Waals surface area contributed by atoms with Crippen LogP contribution in [0.2, 0.25) is 0 Å². The Labute approximate surface area is 141 Å². The number of nitrogens with zero attached hydrogens (tertiary/aromatic N) is 4. The zero-order valence-electron chi connectivity index (χ0n) is 12.5. The largest absolute Gasteiger partial charge is 0.375 e. The second-order valence-corrected chi connectivity index (χ2v) is 6.05. The van der Waals surface area contributed by atoms with Crippen molar-refractivity contribution in [3.05, 3.63) is 65.1 Å². The maximum atomic E-state index is 14.2. The number of rotatable bonds is 6. The molecule has 0 saturated carbocycles. The summed E-state index contributed by atoms with van der Waals surface area (Å²) in [7, 11) is 0. The van der Waals surface area contributed by atoms with Gasteiger partial charge in [-0.15, -0.1) is 11.3 Å². The number of benzene rings is 1. The van der Waals surface area contributed by atoms with Crippen LogP contribution in [-0.4, -0.2) is 21.3 Å². The Kier molecular flexibility index (Phi) is 4.82. The second kappa shape index (κ2) is 7.19. The van der Waals surface area contributed by atoms with Crippen molar-refractivity contribution < 1.29 is 8.78 Å². The Morgan fingerprint density at radius 3 is 2.92 bits per heavy atom. The molecule has 0 radical (unpaired) electrons. The molecule has 0 aliphatic rings. The average molecular weight is 345 g/mol. The van der Waals surface area contributed by atoms with E-state index in [-0.39, 0.29) is 5.92 Å². The SMILES string of the molecule is N#Cc1ccsc1NCC(Cn1cncn1)c1ccc(F)cc1F. The molecule has 0 bridgehead atoms. The molecule has 0 amide bonds. The van der Waals surface area contributed by atoms with E-state index in [2.05, 4.69) is 21.5 Å². The zero-order valence-corrected chi connectivity index (χ0v) is 13.3. The highest BCUT2D eigenvalue weighted by Crippen LogP contribution is 2.26. The first-order valence-corrected chi connectivity index (χ1v) is 8.04. The molecule has 0 aliphatic heterocycles. The van der Waals surface area contributed by atoms with E-state index in [1.54, 1.807) is 17.1 Å². The van der Waals surface area contributed by atoms with E-state index in [4.69, 9.17) is 5.26 Å². The third-order valence-corrected chi connectivity index (χ3v) is 4.44. The quantitative estimate of drug-likeness (QED) is 0.744. The molecule has 3 rings (SSSR count). The van der Waals surface area contributed by atoms with Gasteiger partial charge in [0.05, 0.1) is 12.1 Å². The van der Waals surface area contributed by atoms with Gasteiger partial charge in [0.25, 0.3) is 0 Å². The van der Waals surface area contributed by atoms with Gasteiger partial charge in [-0.05, 0) is 23.1 Å². The van der Waals surface area contributed by atoms with Gasteiger partial charge in [0.2, 0.25) is 0 Å². The van der Waals surface area contributed by atoms with Crippen LogP contribution in [-0.2, 0) is 6.54 Å². The lowest BCUT2D eigenvalue weighted by atomic mass is 9.98. The predicted molar refractivity (Wildman–Crippen MR) is 86.6 cm³/mol. The van der Waals surface area contributed by atoms with E-state index >= 15 is 0 Å². The van der Waals surface area contributed by atoms with Gasteiger partial charge in [0.15, 0.2) is 0 Å². The minimum absolute atomic E-state index is 0.305. The fourth-order valence-corrected chi connectivity index (χ4v) is 3.16. The maximum absolute atomic E-state index is 14.2. The number of hydrogen-bond acceptors (Lipinski definition) is 5. The summed E-state index contributed by atoms with van der Waals surface area (Å²) < 4.78 is 28.9. The number of thiophene rings is 1. The van der Waals surface area contributed by atoms with Crippen LogP contribution in [0.3, 0.4) is 0 Å². The molecule has 0 fully saturated rings. The van der Waals surface area contributed by atoms with Crippen molar-refractivity contribution in [1.82, 2.24) is 14.8 Å². The minimum atomic E-state index is -0.617. The topological polar surface area (TPSA) is 66.5 Å². The summed E-state index contributed by atoms with van der Waals surface area (Å²) in [6.07, 6.45) is 2.94. The summed E-state index contributed by atoms with van der Waals surface area (Å²) in [6, 6.07) is 7.36. The first kappa shape index (κ1) is 16.1. The molecule has 122 valence electrons. The molecule has 1 unspecified atom stereocenters. The highest BCUT2D eigenvalue weighted by molar-refractivity contribution is 7.14. The van der Waals surface area contributed by atoms with Gasteiger partial charge in [-0.1, -0.05) is 6.07 Å². The summed E-state index contributed by atoms with van der Waals surface area (Å²) >= 11 is 1.40. The predicted octanol–water partition coefficient (Wildman–Crippen LogP) is 3.39. The molecular formula is C16H13F2N5S. The second-order valence-electron chi connectivity index (χ2n) is 5.14. The summed E-state index contributed by atoms with van der Waals surface area (Å²) in [4.78, 5) is 3.88. The van der Waals surface area contributed by atoms with E-state index < -0.39 is 11.6 Å². The molecule has 0 aliphatic carbocycles. The Morgan fingerprint density at radius 1 is 1.33 bits per heavy atom. The molecule has 5 nitrogen and oxygen atoms in total. The van der Waals surface area contributed by atoms with Gasteiger partial charge in [-0.25, -0.2) is 13.8 Å². The zero-order chi connectivity index (χ0) is 16.9. The average Bonchev–Trinajstić information content (AvgIpc) is 3.23. The fraction of sp³-hybridized carbons (Fsp3) is 0.188. The Morgan fingerprint density at radius 2 is 2.21 bits per heavy atom. The molecule has 24 heavy (non-hydrogen) atoms. The van der Waals surface area contributed by atoms with Crippen molar-refractivity contribution in [1.29, 1.82) is 5.26 Å². The molecule has 2 heterocycles. The number of aromatic nitrogens is 3. The summed E-state index contributed by atoms with van der Waals surface area (Å²) in [5.41, 5.74) is 0.925. The molecule has 0 saturated heterocycles. The van der Waals surface area contributed by atoms with E-state index in [1.165, 1.54) is 29.8 Å². The lowest BCUT2D eigenvalue weighted by Gasteiger charge is -2.19. The number of hydrogen-bond donors (Lipinski definition) is 1. The number of nitriles is 1. The van der Waals surface area contributed by atoms with Gasteiger partial charge in [-0.2, -0.15) is 10.4 Å². The fourth-order valence-electron chi connectivity index (χ4n) is 2.41. The van der Waals surface area contributed by atoms with Crippen LogP contribution in [0.4, 0.5) is 13.8 Å². The lowest BCUT2D eigenvalue weighted by molar-refractivity contribution is 0.497. The first-order chi connectivity index (χ1) is 11.7. The van der Waals surface area contributed by atoms with Gasteiger partial charge < -0.3 is 5.32 Å². The van der Waals surface area contributed by atoms with Crippen molar-refractivity contribution in [2.75, 3.05) is 11.9 Å². The monoisotopic (exact) mass is 345 g/mol. The van der Waals surface area contributed by atoms with E-state index in [1.807, 2.05) is 5.38 Å². The third-order valence-electron chi connectivity index (χ3n) is 3.57. The first-order valence-electron chi connectivity index (χ1n) is 7.16. The Hall–Kier alpha value is -2.79. The summed E-state index contributed by atoms with van der Waals surface area (Å²) in [5.74, 6) is -1.52. The molecular weight excluding hydrogens is 332 g/mol. The van der Waals surface area contributed by atoms with Crippen molar-refractivity contribution in [2.45, 2.75) is 12.5 Å². The number of anilines is 1. The molecule has 1 aromatic carbocycles.